The Balaban J connectivity index is 1.51. The second-order valence-corrected chi connectivity index (χ2v) is 9.46. The van der Waals surface area contributed by atoms with Crippen LogP contribution in [0.1, 0.15) is 18.4 Å². The summed E-state index contributed by atoms with van der Waals surface area (Å²) in [7, 11) is -3.58. The van der Waals surface area contributed by atoms with E-state index in [1.165, 1.54) is 4.31 Å². The average molecular weight is 429 g/mol. The van der Waals surface area contributed by atoms with Crippen LogP contribution in [0.15, 0.2) is 42.5 Å². The Morgan fingerprint density at radius 3 is 2.53 bits per heavy atom. The van der Waals surface area contributed by atoms with E-state index < -0.39 is 22.0 Å². The van der Waals surface area contributed by atoms with Crippen molar-refractivity contribution in [2.45, 2.75) is 25.9 Å². The second kappa shape index (κ2) is 7.64. The molecule has 1 fully saturated rings. The van der Waals surface area contributed by atoms with Gasteiger partial charge in [0.15, 0.2) is 6.10 Å². The summed E-state index contributed by atoms with van der Waals surface area (Å²) in [6, 6.07) is 12.2. The van der Waals surface area contributed by atoms with Gasteiger partial charge in [-0.15, -0.1) is 0 Å². The van der Waals surface area contributed by atoms with Crippen molar-refractivity contribution in [1.29, 1.82) is 0 Å². The first-order chi connectivity index (χ1) is 14.2. The number of hydrogen-bond acceptors (Lipinski definition) is 5. The first kappa shape index (κ1) is 20.2. The van der Waals surface area contributed by atoms with E-state index in [9.17, 15) is 18.0 Å². The van der Waals surface area contributed by atoms with Gasteiger partial charge in [-0.2, -0.15) is 0 Å². The van der Waals surface area contributed by atoms with Gasteiger partial charge in [-0.05, 0) is 55.3 Å². The normalized spacial score (nSPS) is 18.7. The molecule has 1 N–H and O–H groups in total. The predicted octanol–water partition coefficient (Wildman–Crippen LogP) is 2.29. The van der Waals surface area contributed by atoms with Gasteiger partial charge in [0, 0.05) is 24.3 Å². The summed E-state index contributed by atoms with van der Waals surface area (Å²) in [5.74, 6) is -0.00245. The van der Waals surface area contributed by atoms with Gasteiger partial charge in [-0.25, -0.2) is 8.42 Å². The van der Waals surface area contributed by atoms with Crippen LogP contribution in [0.4, 0.5) is 17.1 Å². The van der Waals surface area contributed by atoms with Crippen molar-refractivity contribution < 1.29 is 22.7 Å². The molecule has 0 saturated carbocycles. The van der Waals surface area contributed by atoms with E-state index in [1.54, 1.807) is 47.4 Å². The van der Waals surface area contributed by atoms with E-state index in [2.05, 4.69) is 5.32 Å². The molecule has 9 heteroatoms. The monoisotopic (exact) mass is 429 g/mol. The molecule has 0 radical (unpaired) electrons. The molecule has 30 heavy (non-hydrogen) atoms. The molecule has 158 valence electrons. The first-order valence-corrected chi connectivity index (χ1v) is 11.5. The van der Waals surface area contributed by atoms with E-state index in [0.717, 1.165) is 23.9 Å². The van der Waals surface area contributed by atoms with Crippen LogP contribution < -0.4 is 19.3 Å². The fourth-order valence-corrected chi connectivity index (χ4v) is 4.59. The maximum absolute atomic E-state index is 12.8. The molecule has 2 aromatic rings. The lowest BCUT2D eigenvalue weighted by atomic mass is 10.1. The average Bonchev–Trinajstić information content (AvgIpc) is 3.13. The van der Waals surface area contributed by atoms with Gasteiger partial charge >= 0.3 is 0 Å². The summed E-state index contributed by atoms with van der Waals surface area (Å²) < 4.78 is 31.6. The van der Waals surface area contributed by atoms with E-state index in [4.69, 9.17) is 4.74 Å². The van der Waals surface area contributed by atoms with Crippen molar-refractivity contribution in [1.82, 2.24) is 0 Å². The van der Waals surface area contributed by atoms with Gasteiger partial charge in [0.2, 0.25) is 15.9 Å². The number of aryl methyl sites for hydroxylation is 1. The van der Waals surface area contributed by atoms with Crippen molar-refractivity contribution >= 4 is 38.9 Å². The number of hydrogen-bond donors (Lipinski definition) is 1. The fourth-order valence-electron chi connectivity index (χ4n) is 3.68. The molecule has 0 aliphatic carbocycles. The number of nitrogens with zero attached hydrogens (tertiary/aromatic N) is 2. The maximum Gasteiger partial charge on any atom is 0.267 e. The highest BCUT2D eigenvalue weighted by Gasteiger charge is 2.35. The Labute approximate surface area is 175 Å². The number of ether oxygens (including phenoxy) is 1. The van der Waals surface area contributed by atoms with E-state index in [1.807, 2.05) is 6.92 Å². The summed E-state index contributed by atoms with van der Waals surface area (Å²) in [4.78, 5) is 26.4. The third-order valence-electron chi connectivity index (χ3n) is 5.20. The SMILES string of the molecule is Cc1ccc2c(c1)N(S(C)(=O)=O)C[C@@H](C(=O)Nc1ccc(N3CCCC3=O)cc1)O2. The molecule has 1 atom stereocenters. The van der Waals surface area contributed by atoms with Crippen LogP contribution in [0.25, 0.3) is 0 Å². The molecular formula is C21H23N3O5S. The van der Waals surface area contributed by atoms with Crippen molar-refractivity contribution in [2.24, 2.45) is 0 Å². The summed E-state index contributed by atoms with van der Waals surface area (Å²) in [6.07, 6.45) is 1.51. The van der Waals surface area contributed by atoms with Crippen molar-refractivity contribution in [3.05, 3.63) is 48.0 Å². The van der Waals surface area contributed by atoms with Crippen LogP contribution in [0, 0.1) is 6.92 Å². The Hall–Kier alpha value is -3.07. The third-order valence-corrected chi connectivity index (χ3v) is 6.34. The van der Waals surface area contributed by atoms with Crippen LogP contribution in [0.3, 0.4) is 0 Å². The van der Waals surface area contributed by atoms with Crippen molar-refractivity contribution in [2.75, 3.05) is 33.9 Å². The molecule has 2 aliphatic rings. The van der Waals surface area contributed by atoms with Gasteiger partial charge in [-0.1, -0.05) is 6.07 Å². The molecule has 2 aliphatic heterocycles. The zero-order chi connectivity index (χ0) is 21.5. The van der Waals surface area contributed by atoms with Crippen LogP contribution in [-0.2, 0) is 19.6 Å². The molecule has 2 aromatic carbocycles. The van der Waals surface area contributed by atoms with E-state index in [-0.39, 0.29) is 12.5 Å². The van der Waals surface area contributed by atoms with Crippen LogP contribution >= 0.6 is 0 Å². The topological polar surface area (TPSA) is 96.0 Å². The van der Waals surface area contributed by atoms with Crippen molar-refractivity contribution in [3.8, 4) is 5.75 Å². The molecule has 1 saturated heterocycles. The van der Waals surface area contributed by atoms with Gasteiger partial charge in [0.05, 0.1) is 18.5 Å². The number of sulfonamides is 1. The predicted molar refractivity (Wildman–Crippen MR) is 114 cm³/mol. The highest BCUT2D eigenvalue weighted by atomic mass is 32.2. The summed E-state index contributed by atoms with van der Waals surface area (Å²) in [5.41, 5.74) is 2.66. The number of carbonyl (C=O) groups is 2. The molecule has 0 spiro atoms. The molecule has 2 heterocycles. The quantitative estimate of drug-likeness (QED) is 0.805. The minimum absolute atomic E-state index is 0.0946. The fraction of sp³-hybridized carbons (Fsp3) is 0.333. The molecule has 0 bridgehead atoms. The zero-order valence-electron chi connectivity index (χ0n) is 16.8. The number of anilines is 3. The highest BCUT2D eigenvalue weighted by molar-refractivity contribution is 7.92. The molecule has 2 amide bonds. The minimum Gasteiger partial charge on any atom is -0.476 e. The zero-order valence-corrected chi connectivity index (χ0v) is 17.6. The smallest absolute Gasteiger partial charge is 0.267 e. The molecular weight excluding hydrogens is 406 g/mol. The summed E-state index contributed by atoms with van der Waals surface area (Å²) in [5, 5.41) is 2.77. The lowest BCUT2D eigenvalue weighted by molar-refractivity contribution is -0.122. The number of amides is 2. The van der Waals surface area contributed by atoms with Gasteiger partial charge in [-0.3, -0.25) is 13.9 Å². The molecule has 0 unspecified atom stereocenters. The lowest BCUT2D eigenvalue weighted by Crippen LogP contribution is -2.48. The molecule has 4 rings (SSSR count). The number of rotatable bonds is 4. The summed E-state index contributed by atoms with van der Waals surface area (Å²) >= 11 is 0. The van der Waals surface area contributed by atoms with Crippen LogP contribution in [0.5, 0.6) is 5.75 Å². The number of benzene rings is 2. The Morgan fingerprint density at radius 2 is 1.90 bits per heavy atom. The van der Waals surface area contributed by atoms with Gasteiger partial charge in [0.25, 0.3) is 5.91 Å². The van der Waals surface area contributed by atoms with Crippen molar-refractivity contribution in [3.63, 3.8) is 0 Å². The van der Waals surface area contributed by atoms with Gasteiger partial charge in [0.1, 0.15) is 5.75 Å². The Morgan fingerprint density at radius 1 is 1.17 bits per heavy atom. The Kier molecular flexibility index (Phi) is 5.15. The Bertz CT molecular complexity index is 1100. The number of carbonyl (C=O) groups excluding carboxylic acids is 2. The number of fused-ring (bicyclic) bond motifs is 1. The first-order valence-electron chi connectivity index (χ1n) is 9.69. The van der Waals surface area contributed by atoms with Crippen LogP contribution in [0.2, 0.25) is 0 Å². The maximum atomic E-state index is 12.8. The highest BCUT2D eigenvalue weighted by Crippen LogP contribution is 2.36. The largest absolute Gasteiger partial charge is 0.476 e. The summed E-state index contributed by atoms with van der Waals surface area (Å²) in [6.45, 7) is 2.45. The third kappa shape index (κ3) is 3.97. The lowest BCUT2D eigenvalue weighted by Gasteiger charge is -2.34. The number of nitrogens with one attached hydrogen (secondary N) is 1. The molecule has 8 nitrogen and oxygen atoms in total. The molecule has 0 aromatic heterocycles. The van der Waals surface area contributed by atoms with E-state index in [0.29, 0.717) is 30.1 Å². The standard InChI is InChI=1S/C21H23N3O5S/c1-14-5-10-18-17(12-14)24(30(2,27)28)13-19(29-18)21(26)22-15-6-8-16(9-7-15)23-11-3-4-20(23)25/h5-10,12,19H,3-4,11,13H2,1-2H3,(H,22,26)/t19-/m0/s1. The minimum atomic E-state index is -3.58. The second-order valence-electron chi connectivity index (χ2n) is 7.56. The van der Waals surface area contributed by atoms with Crippen LogP contribution in [-0.4, -0.2) is 45.7 Å². The van der Waals surface area contributed by atoms with E-state index >= 15 is 0 Å². The van der Waals surface area contributed by atoms with Gasteiger partial charge < -0.3 is 15.0 Å².